The van der Waals surface area contributed by atoms with E-state index in [1.807, 2.05) is 31.2 Å². The van der Waals surface area contributed by atoms with Crippen molar-refractivity contribution in [2.75, 3.05) is 33.4 Å². The number of nitrogens with two attached hydrogens (primary N) is 1. The Labute approximate surface area is 115 Å². The highest BCUT2D eigenvalue weighted by atomic mass is 35.5. The Hall–Kier alpha value is -0.610. The molecule has 0 spiro atoms. The van der Waals surface area contributed by atoms with Crippen LogP contribution in [-0.4, -0.2) is 38.3 Å². The highest BCUT2D eigenvalue weighted by Gasteiger charge is 2.07. The minimum atomic E-state index is 0.0400. The lowest BCUT2D eigenvalue weighted by molar-refractivity contribution is 0.121. The molecule has 0 aliphatic heterocycles. The molecule has 1 unspecified atom stereocenters. The maximum atomic E-state index is 6.15. The lowest BCUT2D eigenvalue weighted by Gasteiger charge is -2.19. The molecule has 0 aromatic heterocycles. The summed E-state index contributed by atoms with van der Waals surface area (Å²) >= 11 is 5.95. The molecule has 0 amide bonds. The minimum Gasteiger partial charge on any atom is -0.380 e. The first-order valence-electron chi connectivity index (χ1n) is 6.40. The standard InChI is InChI=1S/C14H23ClN2O/c1-3-18-10-9-17(2)8-7-14(16)12-5-4-6-13(15)11-12/h4-6,11,14H,3,7-10,16H2,1-2H3. The van der Waals surface area contributed by atoms with Gasteiger partial charge in [0, 0.05) is 24.2 Å². The molecule has 2 N–H and O–H groups in total. The van der Waals surface area contributed by atoms with E-state index in [1.165, 1.54) is 0 Å². The Balaban J connectivity index is 2.30. The van der Waals surface area contributed by atoms with Crippen molar-refractivity contribution in [2.45, 2.75) is 19.4 Å². The van der Waals surface area contributed by atoms with Crippen LogP contribution in [0.1, 0.15) is 24.9 Å². The van der Waals surface area contributed by atoms with Gasteiger partial charge in [0.05, 0.1) is 6.61 Å². The van der Waals surface area contributed by atoms with Crippen LogP contribution in [0.3, 0.4) is 0 Å². The lowest BCUT2D eigenvalue weighted by Crippen LogP contribution is -2.27. The van der Waals surface area contributed by atoms with E-state index in [2.05, 4.69) is 11.9 Å². The average molecular weight is 271 g/mol. The van der Waals surface area contributed by atoms with Crippen LogP contribution in [0.5, 0.6) is 0 Å². The summed E-state index contributed by atoms with van der Waals surface area (Å²) in [6, 6.07) is 7.81. The van der Waals surface area contributed by atoms with Crippen LogP contribution in [0.25, 0.3) is 0 Å². The monoisotopic (exact) mass is 270 g/mol. The zero-order valence-electron chi connectivity index (χ0n) is 11.2. The molecule has 0 aliphatic rings. The van der Waals surface area contributed by atoms with Crippen molar-refractivity contribution in [2.24, 2.45) is 5.73 Å². The molecule has 0 fully saturated rings. The average Bonchev–Trinajstić information content (AvgIpc) is 2.36. The maximum absolute atomic E-state index is 6.15. The van der Waals surface area contributed by atoms with Crippen molar-refractivity contribution >= 4 is 11.6 Å². The second-order valence-corrected chi connectivity index (χ2v) is 4.89. The van der Waals surface area contributed by atoms with Gasteiger partial charge >= 0.3 is 0 Å². The number of hydrogen-bond donors (Lipinski definition) is 1. The van der Waals surface area contributed by atoms with Crippen molar-refractivity contribution in [1.82, 2.24) is 4.90 Å². The molecule has 1 aromatic carbocycles. The number of benzene rings is 1. The number of likely N-dealkylation sites (N-methyl/N-ethyl adjacent to an activating group) is 1. The predicted molar refractivity (Wildman–Crippen MR) is 77.0 cm³/mol. The summed E-state index contributed by atoms with van der Waals surface area (Å²) in [7, 11) is 2.09. The number of hydrogen-bond acceptors (Lipinski definition) is 3. The highest BCUT2D eigenvalue weighted by molar-refractivity contribution is 6.30. The van der Waals surface area contributed by atoms with Gasteiger partial charge in [-0.3, -0.25) is 0 Å². The van der Waals surface area contributed by atoms with E-state index in [-0.39, 0.29) is 6.04 Å². The molecule has 18 heavy (non-hydrogen) atoms. The van der Waals surface area contributed by atoms with Crippen LogP contribution < -0.4 is 5.73 Å². The molecule has 0 saturated carbocycles. The van der Waals surface area contributed by atoms with Gasteiger partial charge in [-0.25, -0.2) is 0 Å². The van der Waals surface area contributed by atoms with Gasteiger partial charge in [0.2, 0.25) is 0 Å². The van der Waals surface area contributed by atoms with Gasteiger partial charge in [0.1, 0.15) is 0 Å². The lowest BCUT2D eigenvalue weighted by atomic mass is 10.0. The molecule has 0 aliphatic carbocycles. The molecule has 1 rings (SSSR count). The fourth-order valence-electron chi connectivity index (χ4n) is 1.74. The van der Waals surface area contributed by atoms with E-state index >= 15 is 0 Å². The summed E-state index contributed by atoms with van der Waals surface area (Å²) in [5.41, 5.74) is 7.25. The number of nitrogens with zero attached hydrogens (tertiary/aromatic N) is 1. The van der Waals surface area contributed by atoms with Gasteiger partial charge in [-0.05, 0) is 44.6 Å². The number of ether oxygens (including phenoxy) is 1. The Kier molecular flexibility index (Phi) is 7.28. The van der Waals surface area contributed by atoms with E-state index in [0.717, 1.165) is 43.3 Å². The maximum Gasteiger partial charge on any atom is 0.0593 e. The summed E-state index contributed by atoms with van der Waals surface area (Å²) < 4.78 is 5.32. The molecule has 1 atom stereocenters. The fourth-order valence-corrected chi connectivity index (χ4v) is 1.94. The van der Waals surface area contributed by atoms with Gasteiger partial charge in [0.15, 0.2) is 0 Å². The SMILES string of the molecule is CCOCCN(C)CCC(N)c1cccc(Cl)c1. The summed E-state index contributed by atoms with van der Waals surface area (Å²) in [4.78, 5) is 2.24. The van der Waals surface area contributed by atoms with Crippen LogP contribution in [0.2, 0.25) is 5.02 Å². The van der Waals surface area contributed by atoms with Crippen molar-refractivity contribution in [3.63, 3.8) is 0 Å². The molecule has 3 nitrogen and oxygen atoms in total. The largest absolute Gasteiger partial charge is 0.380 e. The topological polar surface area (TPSA) is 38.5 Å². The van der Waals surface area contributed by atoms with Gasteiger partial charge < -0.3 is 15.4 Å². The third-order valence-electron chi connectivity index (χ3n) is 2.92. The van der Waals surface area contributed by atoms with Gasteiger partial charge in [-0.1, -0.05) is 23.7 Å². The van der Waals surface area contributed by atoms with Crippen LogP contribution in [0.4, 0.5) is 0 Å². The quantitative estimate of drug-likeness (QED) is 0.738. The van der Waals surface area contributed by atoms with Crippen molar-refractivity contribution in [3.8, 4) is 0 Å². The van der Waals surface area contributed by atoms with Crippen LogP contribution in [-0.2, 0) is 4.74 Å². The fraction of sp³-hybridized carbons (Fsp3) is 0.571. The van der Waals surface area contributed by atoms with Gasteiger partial charge in [0.25, 0.3) is 0 Å². The first-order chi connectivity index (χ1) is 8.63. The molecule has 0 radical (unpaired) electrons. The molecule has 1 aromatic rings. The third kappa shape index (κ3) is 5.83. The van der Waals surface area contributed by atoms with E-state index in [1.54, 1.807) is 0 Å². The predicted octanol–water partition coefficient (Wildman–Crippen LogP) is 2.70. The molecule has 0 heterocycles. The third-order valence-corrected chi connectivity index (χ3v) is 3.16. The summed E-state index contributed by atoms with van der Waals surface area (Å²) in [5, 5.41) is 0.743. The Bertz CT molecular complexity index is 346. The Morgan fingerprint density at radius 3 is 2.83 bits per heavy atom. The van der Waals surface area contributed by atoms with Crippen molar-refractivity contribution in [1.29, 1.82) is 0 Å². The number of halogens is 1. The number of rotatable bonds is 8. The van der Waals surface area contributed by atoms with E-state index < -0.39 is 0 Å². The second-order valence-electron chi connectivity index (χ2n) is 4.45. The summed E-state index contributed by atoms with van der Waals surface area (Å²) in [5.74, 6) is 0. The van der Waals surface area contributed by atoms with E-state index in [9.17, 15) is 0 Å². The molecule has 0 saturated heterocycles. The molecule has 0 bridgehead atoms. The first-order valence-corrected chi connectivity index (χ1v) is 6.78. The van der Waals surface area contributed by atoms with E-state index in [4.69, 9.17) is 22.1 Å². The normalized spacial score (nSPS) is 12.9. The van der Waals surface area contributed by atoms with E-state index in [0.29, 0.717) is 0 Å². The van der Waals surface area contributed by atoms with Gasteiger partial charge in [-0.15, -0.1) is 0 Å². The first kappa shape index (κ1) is 15.4. The van der Waals surface area contributed by atoms with Crippen LogP contribution >= 0.6 is 11.6 Å². The zero-order chi connectivity index (χ0) is 13.4. The molecule has 102 valence electrons. The smallest absolute Gasteiger partial charge is 0.0593 e. The van der Waals surface area contributed by atoms with Crippen molar-refractivity contribution in [3.05, 3.63) is 34.9 Å². The zero-order valence-corrected chi connectivity index (χ0v) is 12.0. The Morgan fingerprint density at radius 1 is 1.39 bits per heavy atom. The summed E-state index contributed by atoms with van der Waals surface area (Å²) in [6.07, 6.45) is 0.920. The van der Waals surface area contributed by atoms with Crippen LogP contribution in [0, 0.1) is 0 Å². The van der Waals surface area contributed by atoms with Gasteiger partial charge in [-0.2, -0.15) is 0 Å². The summed E-state index contributed by atoms with van der Waals surface area (Å²) in [6.45, 7) is 5.46. The second kappa shape index (κ2) is 8.48. The highest BCUT2D eigenvalue weighted by Crippen LogP contribution is 2.18. The molecule has 4 heteroatoms. The molecular weight excluding hydrogens is 248 g/mol. The Morgan fingerprint density at radius 2 is 2.17 bits per heavy atom. The van der Waals surface area contributed by atoms with Crippen molar-refractivity contribution < 1.29 is 4.74 Å². The van der Waals surface area contributed by atoms with Crippen LogP contribution in [0.15, 0.2) is 24.3 Å². The minimum absolute atomic E-state index is 0.0400. The molecular formula is C14H23ClN2O.